The normalized spacial score (nSPS) is 11.4. The predicted molar refractivity (Wildman–Crippen MR) is 101 cm³/mol. The fourth-order valence-electron chi connectivity index (χ4n) is 2.87. The van der Waals surface area contributed by atoms with Crippen LogP contribution >= 0.6 is 0 Å². The van der Waals surface area contributed by atoms with Crippen molar-refractivity contribution in [2.75, 3.05) is 6.54 Å². The lowest BCUT2D eigenvalue weighted by Gasteiger charge is -2.13. The van der Waals surface area contributed by atoms with Crippen molar-refractivity contribution in [1.29, 1.82) is 0 Å². The van der Waals surface area contributed by atoms with E-state index in [2.05, 4.69) is 4.72 Å². The second-order valence-electron chi connectivity index (χ2n) is 6.52. The molecule has 0 unspecified atom stereocenters. The number of carbonyl (C=O) groups is 1. The summed E-state index contributed by atoms with van der Waals surface area (Å²) in [7, 11) is -3.66. The molecule has 0 spiro atoms. The number of nitrogens with one attached hydrogen (secondary N) is 1. The van der Waals surface area contributed by atoms with E-state index in [4.69, 9.17) is 4.74 Å². The van der Waals surface area contributed by atoms with Gasteiger partial charge in [0.2, 0.25) is 10.0 Å². The number of hydrogen-bond acceptors (Lipinski definition) is 4. The number of sulfonamides is 1. The Bertz CT molecular complexity index is 864. The number of hydrogen-bond donors (Lipinski definition) is 1. The molecule has 0 amide bonds. The minimum absolute atomic E-state index is 0.00181. The summed E-state index contributed by atoms with van der Waals surface area (Å²) in [5.74, 6) is -0.439. The maximum atomic E-state index is 12.5. The van der Waals surface area contributed by atoms with Gasteiger partial charge in [0.15, 0.2) is 0 Å². The second-order valence-corrected chi connectivity index (χ2v) is 8.23. The first kappa shape index (κ1) is 20.1. The topological polar surface area (TPSA) is 72.5 Å². The molecule has 0 aromatic heterocycles. The van der Waals surface area contributed by atoms with Crippen molar-refractivity contribution in [3.8, 4) is 0 Å². The Morgan fingerprint density at radius 1 is 0.962 bits per heavy atom. The third-order valence-electron chi connectivity index (χ3n) is 4.02. The SMILES string of the molecule is Cc1ccc(COC(=O)CCNS(=O)(=O)c2c(C)cc(C)cc2C)cc1. The van der Waals surface area contributed by atoms with Gasteiger partial charge in [0.1, 0.15) is 6.61 Å². The van der Waals surface area contributed by atoms with E-state index in [-0.39, 0.29) is 24.5 Å². The zero-order valence-corrected chi connectivity index (χ0v) is 16.4. The third kappa shape index (κ3) is 5.41. The highest BCUT2D eigenvalue weighted by Crippen LogP contribution is 2.21. The monoisotopic (exact) mass is 375 g/mol. The Morgan fingerprint density at radius 3 is 2.12 bits per heavy atom. The number of carbonyl (C=O) groups excluding carboxylic acids is 1. The number of aryl methyl sites for hydroxylation is 4. The van der Waals surface area contributed by atoms with Gasteiger partial charge in [-0.2, -0.15) is 0 Å². The molecule has 26 heavy (non-hydrogen) atoms. The van der Waals surface area contributed by atoms with Crippen LogP contribution in [-0.4, -0.2) is 20.9 Å². The first-order chi connectivity index (χ1) is 12.2. The van der Waals surface area contributed by atoms with E-state index in [0.29, 0.717) is 11.1 Å². The van der Waals surface area contributed by atoms with Crippen LogP contribution in [0, 0.1) is 27.7 Å². The Morgan fingerprint density at radius 2 is 1.54 bits per heavy atom. The van der Waals surface area contributed by atoms with Crippen LogP contribution in [0.15, 0.2) is 41.3 Å². The molecule has 0 aliphatic heterocycles. The van der Waals surface area contributed by atoms with Crippen LogP contribution in [0.25, 0.3) is 0 Å². The molecular weight excluding hydrogens is 350 g/mol. The van der Waals surface area contributed by atoms with E-state index in [0.717, 1.165) is 16.7 Å². The first-order valence-corrected chi connectivity index (χ1v) is 9.96. The first-order valence-electron chi connectivity index (χ1n) is 8.48. The van der Waals surface area contributed by atoms with Gasteiger partial charge in [-0.1, -0.05) is 47.5 Å². The third-order valence-corrected chi connectivity index (χ3v) is 5.78. The minimum atomic E-state index is -3.66. The minimum Gasteiger partial charge on any atom is -0.461 e. The van der Waals surface area contributed by atoms with Gasteiger partial charge in [-0.25, -0.2) is 13.1 Å². The van der Waals surface area contributed by atoms with E-state index in [9.17, 15) is 13.2 Å². The Hall–Kier alpha value is -2.18. The Labute approximate surface area is 155 Å². The van der Waals surface area contributed by atoms with E-state index >= 15 is 0 Å². The molecule has 140 valence electrons. The average Bonchev–Trinajstić information content (AvgIpc) is 2.52. The van der Waals surface area contributed by atoms with Crippen LogP contribution in [0.2, 0.25) is 0 Å². The molecule has 0 aliphatic carbocycles. The number of benzene rings is 2. The summed E-state index contributed by atoms with van der Waals surface area (Å²) in [5.41, 5.74) is 4.43. The molecule has 0 bridgehead atoms. The predicted octanol–water partition coefficient (Wildman–Crippen LogP) is 3.33. The molecule has 2 rings (SSSR count). The van der Waals surface area contributed by atoms with Gasteiger partial charge in [0.05, 0.1) is 11.3 Å². The lowest BCUT2D eigenvalue weighted by molar-refractivity contribution is -0.144. The zero-order valence-electron chi connectivity index (χ0n) is 15.6. The smallest absolute Gasteiger partial charge is 0.307 e. The summed E-state index contributed by atoms with van der Waals surface area (Å²) in [6.07, 6.45) is -0.0188. The molecule has 2 aromatic rings. The summed E-state index contributed by atoms with van der Waals surface area (Å²) in [6, 6.07) is 11.4. The van der Waals surface area contributed by atoms with Crippen LogP contribution < -0.4 is 4.72 Å². The van der Waals surface area contributed by atoms with Crippen LogP contribution in [0.5, 0.6) is 0 Å². The van der Waals surface area contributed by atoms with Gasteiger partial charge in [0, 0.05) is 6.54 Å². The summed E-state index contributed by atoms with van der Waals surface area (Å²) >= 11 is 0. The van der Waals surface area contributed by atoms with Gasteiger partial charge in [0.25, 0.3) is 0 Å². The largest absolute Gasteiger partial charge is 0.461 e. The van der Waals surface area contributed by atoms with Gasteiger partial charge in [-0.05, 0) is 44.4 Å². The molecule has 0 aliphatic rings. The van der Waals surface area contributed by atoms with Crippen molar-refractivity contribution >= 4 is 16.0 Å². The Kier molecular flexibility index (Phi) is 6.56. The lowest BCUT2D eigenvalue weighted by atomic mass is 10.1. The van der Waals surface area contributed by atoms with Crippen molar-refractivity contribution in [2.45, 2.75) is 45.6 Å². The van der Waals surface area contributed by atoms with Gasteiger partial charge >= 0.3 is 5.97 Å². The highest BCUT2D eigenvalue weighted by atomic mass is 32.2. The molecule has 0 saturated carbocycles. The molecule has 1 N–H and O–H groups in total. The van der Waals surface area contributed by atoms with Crippen LogP contribution in [0.3, 0.4) is 0 Å². The van der Waals surface area contributed by atoms with Crippen LogP contribution in [-0.2, 0) is 26.2 Å². The highest BCUT2D eigenvalue weighted by molar-refractivity contribution is 7.89. The molecule has 0 saturated heterocycles. The van der Waals surface area contributed by atoms with Crippen molar-refractivity contribution in [3.05, 3.63) is 64.2 Å². The molecule has 5 nitrogen and oxygen atoms in total. The fourth-order valence-corrected chi connectivity index (χ4v) is 4.35. The maximum absolute atomic E-state index is 12.5. The number of ether oxygens (including phenoxy) is 1. The number of esters is 1. The molecule has 0 heterocycles. The Balaban J connectivity index is 1.88. The lowest BCUT2D eigenvalue weighted by Crippen LogP contribution is -2.28. The summed E-state index contributed by atoms with van der Waals surface area (Å²) in [4.78, 5) is 12.1. The van der Waals surface area contributed by atoms with Crippen molar-refractivity contribution < 1.29 is 17.9 Å². The van der Waals surface area contributed by atoms with Gasteiger partial charge < -0.3 is 4.74 Å². The van der Waals surface area contributed by atoms with E-state index in [1.807, 2.05) is 50.2 Å². The molecule has 0 radical (unpaired) electrons. The van der Waals surface area contributed by atoms with Crippen LogP contribution in [0.1, 0.15) is 34.2 Å². The summed E-state index contributed by atoms with van der Waals surface area (Å²) < 4.78 is 32.7. The van der Waals surface area contributed by atoms with Crippen molar-refractivity contribution in [3.63, 3.8) is 0 Å². The van der Waals surface area contributed by atoms with Crippen molar-refractivity contribution in [1.82, 2.24) is 4.72 Å². The maximum Gasteiger partial charge on any atom is 0.307 e. The second kappa shape index (κ2) is 8.47. The van der Waals surface area contributed by atoms with E-state index in [1.54, 1.807) is 13.8 Å². The van der Waals surface area contributed by atoms with Crippen molar-refractivity contribution in [2.24, 2.45) is 0 Å². The van der Waals surface area contributed by atoms with Gasteiger partial charge in [-0.3, -0.25) is 4.79 Å². The van der Waals surface area contributed by atoms with E-state index < -0.39 is 16.0 Å². The van der Waals surface area contributed by atoms with Crippen LogP contribution in [0.4, 0.5) is 0 Å². The fraction of sp³-hybridized carbons (Fsp3) is 0.350. The highest BCUT2D eigenvalue weighted by Gasteiger charge is 2.19. The number of rotatable bonds is 7. The molecule has 0 atom stereocenters. The standard InChI is InChI=1S/C20H25NO4S/c1-14-5-7-18(8-6-14)13-25-19(22)9-10-21-26(23,24)20-16(3)11-15(2)12-17(20)4/h5-8,11-12,21H,9-10,13H2,1-4H3. The van der Waals surface area contributed by atoms with E-state index in [1.165, 1.54) is 0 Å². The summed E-state index contributed by atoms with van der Waals surface area (Å²) in [6.45, 7) is 7.63. The average molecular weight is 375 g/mol. The molecule has 6 heteroatoms. The van der Waals surface area contributed by atoms with Gasteiger partial charge in [-0.15, -0.1) is 0 Å². The molecular formula is C20H25NO4S. The quantitative estimate of drug-likeness (QED) is 0.754. The molecule has 2 aromatic carbocycles. The summed E-state index contributed by atoms with van der Waals surface area (Å²) in [5, 5.41) is 0. The zero-order chi connectivity index (χ0) is 19.3. The molecule has 0 fully saturated rings.